The lowest BCUT2D eigenvalue weighted by atomic mass is 10.3. The topological polar surface area (TPSA) is 86.8 Å². The fourth-order valence-corrected chi connectivity index (χ4v) is 3.32. The number of ether oxygens (including phenoxy) is 1. The molecule has 0 bridgehead atoms. The molecule has 0 fully saturated rings. The number of esters is 1. The minimum absolute atomic E-state index is 0.110. The standard InChI is InChI=1S/C17H21N2O5P/c1-13(2)22-17(20)14(3)19-25(21,23-15-9-5-4-6-10-15)24-16-11-7-8-12-18-16/h4-14H,1-3H3,(H,19,21). The number of aromatic nitrogens is 1. The first kappa shape index (κ1) is 19.0. The highest BCUT2D eigenvalue weighted by molar-refractivity contribution is 7.52. The van der Waals surface area contributed by atoms with Crippen LogP contribution in [0.2, 0.25) is 0 Å². The summed E-state index contributed by atoms with van der Waals surface area (Å²) in [6, 6.07) is 12.6. The Labute approximate surface area is 146 Å². The Hall–Kier alpha value is -2.37. The van der Waals surface area contributed by atoms with E-state index in [9.17, 15) is 9.36 Å². The van der Waals surface area contributed by atoms with Crippen molar-refractivity contribution in [3.63, 3.8) is 0 Å². The second-order valence-corrected chi connectivity index (χ2v) is 7.12. The van der Waals surface area contributed by atoms with Crippen LogP contribution in [0.4, 0.5) is 0 Å². The van der Waals surface area contributed by atoms with Crippen LogP contribution in [0.15, 0.2) is 54.7 Å². The summed E-state index contributed by atoms with van der Waals surface area (Å²) in [7, 11) is -3.93. The minimum Gasteiger partial charge on any atom is -0.462 e. The zero-order valence-electron chi connectivity index (χ0n) is 14.3. The molecule has 0 aliphatic carbocycles. The summed E-state index contributed by atoms with van der Waals surface area (Å²) in [6.07, 6.45) is 1.21. The van der Waals surface area contributed by atoms with Gasteiger partial charge in [0.1, 0.15) is 11.8 Å². The molecule has 0 spiro atoms. The van der Waals surface area contributed by atoms with E-state index in [1.807, 2.05) is 0 Å². The average molecular weight is 364 g/mol. The summed E-state index contributed by atoms with van der Waals surface area (Å²) in [5, 5.41) is 2.59. The van der Waals surface area contributed by atoms with Crippen LogP contribution >= 0.6 is 7.75 Å². The van der Waals surface area contributed by atoms with E-state index in [1.165, 1.54) is 13.1 Å². The molecule has 7 nitrogen and oxygen atoms in total. The predicted octanol–water partition coefficient (Wildman–Crippen LogP) is 3.58. The van der Waals surface area contributed by atoms with Crippen LogP contribution in [-0.2, 0) is 14.1 Å². The molecule has 1 N–H and O–H groups in total. The zero-order chi connectivity index (χ0) is 18.3. The van der Waals surface area contributed by atoms with Gasteiger partial charge in [0.05, 0.1) is 6.10 Å². The maximum Gasteiger partial charge on any atom is 0.514 e. The van der Waals surface area contributed by atoms with Gasteiger partial charge in [-0.3, -0.25) is 4.79 Å². The quantitative estimate of drug-likeness (QED) is 0.566. The normalized spacial score (nSPS) is 14.4. The highest BCUT2D eigenvalue weighted by Gasteiger charge is 2.34. The van der Waals surface area contributed by atoms with Crippen molar-refractivity contribution < 1.29 is 23.1 Å². The van der Waals surface area contributed by atoms with Gasteiger partial charge in [-0.05, 0) is 39.0 Å². The highest BCUT2D eigenvalue weighted by atomic mass is 31.2. The largest absolute Gasteiger partial charge is 0.514 e. The third-order valence-electron chi connectivity index (χ3n) is 2.88. The third kappa shape index (κ3) is 6.21. The fraction of sp³-hybridized carbons (Fsp3) is 0.294. The van der Waals surface area contributed by atoms with E-state index >= 15 is 0 Å². The molecule has 134 valence electrons. The summed E-state index contributed by atoms with van der Waals surface area (Å²) in [6.45, 7) is 4.98. The molecule has 0 radical (unpaired) electrons. The van der Waals surface area contributed by atoms with Crippen LogP contribution in [0.25, 0.3) is 0 Å². The second-order valence-electron chi connectivity index (χ2n) is 5.50. The van der Waals surface area contributed by atoms with Gasteiger partial charge in [0.25, 0.3) is 0 Å². The fourth-order valence-electron chi connectivity index (χ4n) is 1.84. The Morgan fingerprint density at radius 1 is 1.04 bits per heavy atom. The van der Waals surface area contributed by atoms with Gasteiger partial charge >= 0.3 is 13.7 Å². The van der Waals surface area contributed by atoms with Crippen molar-refractivity contribution >= 4 is 13.7 Å². The number of hydrogen-bond acceptors (Lipinski definition) is 6. The van der Waals surface area contributed by atoms with Crippen LogP contribution in [0.3, 0.4) is 0 Å². The number of carbonyl (C=O) groups excluding carboxylic acids is 1. The average Bonchev–Trinajstić information content (AvgIpc) is 2.55. The van der Waals surface area contributed by atoms with Crippen LogP contribution in [-0.4, -0.2) is 23.1 Å². The Morgan fingerprint density at radius 3 is 2.32 bits per heavy atom. The van der Waals surface area contributed by atoms with Crippen molar-refractivity contribution in [1.82, 2.24) is 10.1 Å². The Kier molecular flexibility index (Phi) is 6.56. The van der Waals surface area contributed by atoms with Crippen molar-refractivity contribution in [2.24, 2.45) is 0 Å². The molecule has 0 saturated carbocycles. The van der Waals surface area contributed by atoms with Gasteiger partial charge in [-0.15, -0.1) is 0 Å². The number of rotatable bonds is 8. The predicted molar refractivity (Wildman–Crippen MR) is 93.4 cm³/mol. The number of nitrogens with zero attached hydrogens (tertiary/aromatic N) is 1. The van der Waals surface area contributed by atoms with Crippen LogP contribution in [0, 0.1) is 0 Å². The summed E-state index contributed by atoms with van der Waals surface area (Å²) in [4.78, 5) is 16.0. The summed E-state index contributed by atoms with van der Waals surface area (Å²) >= 11 is 0. The molecule has 2 aromatic rings. The third-order valence-corrected chi connectivity index (χ3v) is 4.46. The minimum atomic E-state index is -3.93. The highest BCUT2D eigenvalue weighted by Crippen LogP contribution is 2.44. The molecule has 0 aliphatic rings. The molecule has 2 rings (SSSR count). The van der Waals surface area contributed by atoms with Crippen molar-refractivity contribution in [3.8, 4) is 11.6 Å². The lowest BCUT2D eigenvalue weighted by molar-refractivity contribution is -0.149. The summed E-state index contributed by atoms with van der Waals surface area (Å²) < 4.78 is 29.2. The van der Waals surface area contributed by atoms with Crippen LogP contribution < -0.4 is 14.1 Å². The van der Waals surface area contributed by atoms with E-state index in [2.05, 4.69) is 10.1 Å². The smallest absolute Gasteiger partial charge is 0.462 e. The first-order chi connectivity index (χ1) is 11.9. The van der Waals surface area contributed by atoms with E-state index in [4.69, 9.17) is 13.8 Å². The monoisotopic (exact) mass is 364 g/mol. The number of benzene rings is 1. The van der Waals surface area contributed by atoms with Crippen LogP contribution in [0.1, 0.15) is 20.8 Å². The van der Waals surface area contributed by atoms with Gasteiger partial charge in [0.15, 0.2) is 0 Å². The Bertz CT molecular complexity index is 679. The molecule has 1 heterocycles. The van der Waals surface area contributed by atoms with E-state index in [-0.39, 0.29) is 12.0 Å². The van der Waals surface area contributed by atoms with Gasteiger partial charge in [-0.1, -0.05) is 24.3 Å². The van der Waals surface area contributed by atoms with Gasteiger partial charge in [0.2, 0.25) is 5.88 Å². The van der Waals surface area contributed by atoms with Crippen molar-refractivity contribution in [3.05, 3.63) is 54.7 Å². The molecule has 1 aromatic carbocycles. The zero-order valence-corrected chi connectivity index (χ0v) is 15.2. The van der Waals surface area contributed by atoms with Crippen molar-refractivity contribution in [2.45, 2.75) is 32.9 Å². The lowest BCUT2D eigenvalue weighted by Gasteiger charge is -2.23. The molecule has 0 amide bonds. The number of hydrogen-bond donors (Lipinski definition) is 1. The first-order valence-corrected chi connectivity index (χ1v) is 9.36. The van der Waals surface area contributed by atoms with E-state index in [0.29, 0.717) is 5.75 Å². The molecule has 8 heteroatoms. The van der Waals surface area contributed by atoms with Crippen LogP contribution in [0.5, 0.6) is 11.6 Å². The summed E-state index contributed by atoms with van der Waals surface area (Å²) in [5.41, 5.74) is 0. The van der Waals surface area contributed by atoms with E-state index in [1.54, 1.807) is 62.4 Å². The maximum absolute atomic E-state index is 13.1. The van der Waals surface area contributed by atoms with Gasteiger partial charge < -0.3 is 13.8 Å². The Balaban J connectivity index is 2.19. The molecule has 2 unspecified atom stereocenters. The van der Waals surface area contributed by atoms with E-state index in [0.717, 1.165) is 0 Å². The van der Waals surface area contributed by atoms with Gasteiger partial charge in [0, 0.05) is 12.3 Å². The van der Waals surface area contributed by atoms with Crippen molar-refractivity contribution in [2.75, 3.05) is 0 Å². The maximum atomic E-state index is 13.1. The second kappa shape index (κ2) is 8.65. The molecule has 0 saturated heterocycles. The molecule has 2 atom stereocenters. The number of nitrogens with one attached hydrogen (secondary N) is 1. The Morgan fingerprint density at radius 2 is 1.72 bits per heavy atom. The molecule has 25 heavy (non-hydrogen) atoms. The SMILES string of the molecule is CC(C)OC(=O)C(C)NP(=O)(Oc1ccccc1)Oc1ccccn1. The lowest BCUT2D eigenvalue weighted by Crippen LogP contribution is -2.36. The first-order valence-electron chi connectivity index (χ1n) is 7.81. The van der Waals surface area contributed by atoms with Gasteiger partial charge in [-0.25, -0.2) is 9.55 Å². The van der Waals surface area contributed by atoms with Crippen molar-refractivity contribution in [1.29, 1.82) is 0 Å². The number of para-hydroxylation sites is 1. The molecule has 1 aromatic heterocycles. The van der Waals surface area contributed by atoms with E-state index < -0.39 is 19.8 Å². The molecule has 0 aliphatic heterocycles. The molecular weight excluding hydrogens is 343 g/mol. The number of carbonyl (C=O) groups is 1. The number of pyridine rings is 1. The van der Waals surface area contributed by atoms with Gasteiger partial charge in [-0.2, -0.15) is 5.09 Å². The summed E-state index contributed by atoms with van der Waals surface area (Å²) in [5.74, 6) is -0.117. The molecular formula is C17H21N2O5P.